The van der Waals surface area contributed by atoms with Crippen molar-refractivity contribution in [3.8, 4) is 0 Å². The number of ketones is 1. The highest BCUT2D eigenvalue weighted by Gasteiger charge is 2.26. The van der Waals surface area contributed by atoms with Crippen molar-refractivity contribution >= 4 is 5.78 Å². The van der Waals surface area contributed by atoms with Gasteiger partial charge in [0.05, 0.1) is 0 Å². The first-order chi connectivity index (χ1) is 8.75. The Labute approximate surface area is 107 Å². The molecule has 0 heterocycles. The van der Waals surface area contributed by atoms with Crippen LogP contribution in [0.15, 0.2) is 48.5 Å². The molecule has 1 unspecified atom stereocenters. The van der Waals surface area contributed by atoms with Crippen LogP contribution in [-0.4, -0.2) is 5.78 Å². The number of carbonyl (C=O) groups is 1. The molecule has 0 saturated heterocycles. The van der Waals surface area contributed by atoms with Gasteiger partial charge in [-0.25, -0.2) is 0 Å². The number of Topliss-reactive ketones (excluding diaryl/α,β-unsaturated/α-hetero) is 1. The van der Waals surface area contributed by atoms with E-state index in [-0.39, 0.29) is 0 Å². The Morgan fingerprint density at radius 3 is 2.61 bits per heavy atom. The highest BCUT2D eigenvalue weighted by molar-refractivity contribution is 5.99. The predicted octanol–water partition coefficient (Wildman–Crippen LogP) is 4.10. The minimum Gasteiger partial charge on any atom is -0.294 e. The van der Waals surface area contributed by atoms with E-state index in [1.165, 1.54) is 11.1 Å². The Hall–Kier alpha value is -1.89. The van der Waals surface area contributed by atoms with E-state index in [9.17, 15) is 4.79 Å². The lowest BCUT2D eigenvalue weighted by Crippen LogP contribution is -2.16. The molecule has 2 aromatic rings. The number of rotatable bonds is 1. The topological polar surface area (TPSA) is 17.1 Å². The Morgan fingerprint density at radius 1 is 1.06 bits per heavy atom. The highest BCUT2D eigenvalue weighted by atomic mass is 16.1. The zero-order valence-corrected chi connectivity index (χ0v) is 10.5. The van der Waals surface area contributed by atoms with Crippen LogP contribution in [0.25, 0.3) is 0 Å². The first kappa shape index (κ1) is 11.2. The van der Waals surface area contributed by atoms with Crippen LogP contribution >= 0.6 is 0 Å². The van der Waals surface area contributed by atoms with Gasteiger partial charge in [0.2, 0.25) is 0 Å². The zero-order valence-electron chi connectivity index (χ0n) is 10.5. The maximum Gasteiger partial charge on any atom is 0.163 e. The molecule has 90 valence electrons. The van der Waals surface area contributed by atoms with Crippen LogP contribution < -0.4 is 0 Å². The fourth-order valence-electron chi connectivity index (χ4n) is 2.81. The van der Waals surface area contributed by atoms with Crippen molar-refractivity contribution in [3.63, 3.8) is 0 Å². The van der Waals surface area contributed by atoms with E-state index in [1.54, 1.807) is 0 Å². The summed E-state index contributed by atoms with van der Waals surface area (Å²) in [6.07, 6.45) is 1.59. The normalized spacial score (nSPS) is 18.5. The number of hydrogen-bond acceptors (Lipinski definition) is 1. The lowest BCUT2D eigenvalue weighted by atomic mass is 9.78. The van der Waals surface area contributed by atoms with Gasteiger partial charge < -0.3 is 0 Å². The molecule has 0 N–H and O–H groups in total. The third kappa shape index (κ3) is 1.86. The monoisotopic (exact) mass is 236 g/mol. The average Bonchev–Trinajstić information content (AvgIpc) is 2.41. The Bertz CT molecular complexity index is 584. The molecule has 3 rings (SSSR count). The summed E-state index contributed by atoms with van der Waals surface area (Å²) in [5.74, 6) is 0.667. The number of carbonyl (C=O) groups excluding carboxylic acids is 1. The molecule has 2 aromatic carbocycles. The van der Waals surface area contributed by atoms with Gasteiger partial charge in [0.1, 0.15) is 0 Å². The van der Waals surface area contributed by atoms with Crippen molar-refractivity contribution in [1.82, 2.24) is 0 Å². The second-order valence-corrected chi connectivity index (χ2v) is 5.02. The van der Waals surface area contributed by atoms with Crippen LogP contribution in [0.4, 0.5) is 0 Å². The van der Waals surface area contributed by atoms with Crippen molar-refractivity contribution in [2.45, 2.75) is 25.7 Å². The predicted molar refractivity (Wildman–Crippen MR) is 73.0 cm³/mol. The fourth-order valence-corrected chi connectivity index (χ4v) is 2.81. The summed E-state index contributed by atoms with van der Waals surface area (Å²) in [7, 11) is 0. The summed E-state index contributed by atoms with van der Waals surface area (Å²) in [4.78, 5) is 12.0. The first-order valence-electron chi connectivity index (χ1n) is 6.44. The summed E-state index contributed by atoms with van der Waals surface area (Å²) in [5, 5.41) is 0. The lowest BCUT2D eigenvalue weighted by molar-refractivity contribution is 0.0969. The molecule has 1 nitrogen and oxygen atoms in total. The van der Waals surface area contributed by atoms with Gasteiger partial charge in [-0.2, -0.15) is 0 Å². The quantitative estimate of drug-likeness (QED) is 0.728. The first-order valence-corrected chi connectivity index (χ1v) is 6.44. The summed E-state index contributed by atoms with van der Waals surface area (Å²) in [6.45, 7) is 2.04. The SMILES string of the molecule is Cc1ccc2c(c1)C(=O)CCC2c1ccccc1. The maximum atomic E-state index is 12.0. The standard InChI is InChI=1S/C17H16O/c1-12-7-8-15-14(13-5-3-2-4-6-13)9-10-17(18)16(15)11-12/h2-8,11,14H,9-10H2,1H3. The van der Waals surface area contributed by atoms with Crippen LogP contribution in [-0.2, 0) is 0 Å². The molecule has 0 bridgehead atoms. The van der Waals surface area contributed by atoms with E-state index < -0.39 is 0 Å². The third-order valence-electron chi connectivity index (χ3n) is 3.75. The summed E-state index contributed by atoms with van der Waals surface area (Å²) in [5.41, 5.74) is 4.60. The van der Waals surface area contributed by atoms with Crippen molar-refractivity contribution in [2.75, 3.05) is 0 Å². The van der Waals surface area contributed by atoms with Gasteiger partial charge in [-0.1, -0.05) is 48.0 Å². The maximum absolute atomic E-state index is 12.0. The van der Waals surface area contributed by atoms with E-state index in [0.29, 0.717) is 18.1 Å². The number of benzene rings is 2. The fraction of sp³-hybridized carbons (Fsp3) is 0.235. The molecule has 1 aliphatic rings. The second kappa shape index (κ2) is 4.41. The number of hydrogen-bond donors (Lipinski definition) is 0. The molecule has 0 aliphatic heterocycles. The molecule has 0 spiro atoms. The summed E-state index contributed by atoms with van der Waals surface area (Å²) < 4.78 is 0. The van der Waals surface area contributed by atoms with Gasteiger partial charge in [-0.3, -0.25) is 4.79 Å². The Kier molecular flexibility index (Phi) is 2.75. The third-order valence-corrected chi connectivity index (χ3v) is 3.75. The van der Waals surface area contributed by atoms with Crippen molar-refractivity contribution < 1.29 is 4.79 Å². The van der Waals surface area contributed by atoms with Crippen molar-refractivity contribution in [1.29, 1.82) is 0 Å². The van der Waals surface area contributed by atoms with Gasteiger partial charge in [0.25, 0.3) is 0 Å². The largest absolute Gasteiger partial charge is 0.294 e. The molecular formula is C17H16O. The summed E-state index contributed by atoms with van der Waals surface area (Å²) in [6, 6.07) is 16.8. The molecule has 0 amide bonds. The van der Waals surface area contributed by atoms with Crippen molar-refractivity contribution in [3.05, 3.63) is 70.8 Å². The molecular weight excluding hydrogens is 220 g/mol. The lowest BCUT2D eigenvalue weighted by Gasteiger charge is -2.25. The highest BCUT2D eigenvalue weighted by Crippen LogP contribution is 2.36. The van der Waals surface area contributed by atoms with E-state index in [2.05, 4.69) is 36.4 Å². The van der Waals surface area contributed by atoms with Crippen LogP contribution in [0.2, 0.25) is 0 Å². The molecule has 1 aliphatic carbocycles. The number of fused-ring (bicyclic) bond motifs is 1. The second-order valence-electron chi connectivity index (χ2n) is 5.02. The molecule has 1 heteroatoms. The molecule has 18 heavy (non-hydrogen) atoms. The van der Waals surface area contributed by atoms with E-state index in [0.717, 1.165) is 17.5 Å². The van der Waals surface area contributed by atoms with Crippen molar-refractivity contribution in [2.24, 2.45) is 0 Å². The molecule has 0 saturated carbocycles. The van der Waals surface area contributed by atoms with E-state index >= 15 is 0 Å². The van der Waals surface area contributed by atoms with Crippen LogP contribution in [0.3, 0.4) is 0 Å². The zero-order chi connectivity index (χ0) is 12.5. The Morgan fingerprint density at radius 2 is 1.83 bits per heavy atom. The summed E-state index contributed by atoms with van der Waals surface area (Å²) >= 11 is 0. The van der Waals surface area contributed by atoms with Gasteiger partial charge in [-0.15, -0.1) is 0 Å². The Balaban J connectivity index is 2.11. The van der Waals surface area contributed by atoms with E-state index in [4.69, 9.17) is 0 Å². The van der Waals surface area contributed by atoms with Gasteiger partial charge in [-0.05, 0) is 30.5 Å². The minimum atomic E-state index is 0.292. The minimum absolute atomic E-state index is 0.292. The average molecular weight is 236 g/mol. The van der Waals surface area contributed by atoms with Gasteiger partial charge in [0.15, 0.2) is 5.78 Å². The van der Waals surface area contributed by atoms with Crippen LogP contribution in [0, 0.1) is 6.92 Å². The van der Waals surface area contributed by atoms with Crippen LogP contribution in [0.1, 0.15) is 45.8 Å². The molecule has 1 atom stereocenters. The van der Waals surface area contributed by atoms with Gasteiger partial charge in [0, 0.05) is 17.9 Å². The smallest absolute Gasteiger partial charge is 0.163 e. The number of aryl methyl sites for hydroxylation is 1. The molecule has 0 fully saturated rings. The van der Waals surface area contributed by atoms with E-state index in [1.807, 2.05) is 19.1 Å². The van der Waals surface area contributed by atoms with Crippen LogP contribution in [0.5, 0.6) is 0 Å². The molecule has 0 radical (unpaired) electrons. The van der Waals surface area contributed by atoms with Gasteiger partial charge >= 0.3 is 0 Å². The molecule has 0 aromatic heterocycles.